The molecule has 3 N–H and O–H groups in total. The zero-order chi connectivity index (χ0) is 15.1. The van der Waals surface area contributed by atoms with Crippen LogP contribution in [0.2, 0.25) is 0 Å². The van der Waals surface area contributed by atoms with Gasteiger partial charge in [0.2, 0.25) is 0 Å². The number of thiophene rings is 1. The highest BCUT2D eigenvalue weighted by atomic mass is 32.2. The molecule has 0 saturated heterocycles. The van der Waals surface area contributed by atoms with Crippen LogP contribution in [-0.4, -0.2) is 25.0 Å². The fourth-order valence-corrected chi connectivity index (χ4v) is 5.08. The lowest BCUT2D eigenvalue weighted by Gasteiger charge is -2.20. The van der Waals surface area contributed by atoms with Crippen molar-refractivity contribution in [2.24, 2.45) is 0 Å². The Bertz CT molecular complexity index is 641. The molecule has 1 heterocycles. The van der Waals surface area contributed by atoms with Crippen LogP contribution in [0.5, 0.6) is 0 Å². The van der Waals surface area contributed by atoms with E-state index in [-0.39, 0.29) is 10.6 Å². The monoisotopic (exact) mass is 318 g/mol. The molecule has 6 nitrogen and oxygen atoms in total. The van der Waals surface area contributed by atoms with Crippen molar-refractivity contribution >= 4 is 32.5 Å². The summed E-state index contributed by atoms with van der Waals surface area (Å²) < 4.78 is 28.8. The molecule has 0 aliphatic heterocycles. The maximum absolute atomic E-state index is 12.0. The van der Waals surface area contributed by atoms with Gasteiger partial charge in [-0.1, -0.05) is 0 Å². The van der Waals surface area contributed by atoms with Gasteiger partial charge in [0.1, 0.15) is 5.00 Å². The van der Waals surface area contributed by atoms with Gasteiger partial charge in [0.05, 0.1) is 5.56 Å². The van der Waals surface area contributed by atoms with Crippen LogP contribution >= 0.6 is 11.3 Å². The molecule has 0 fully saturated rings. The number of anilines is 1. The predicted octanol–water partition coefficient (Wildman–Crippen LogP) is 1.98. The van der Waals surface area contributed by atoms with Gasteiger partial charge in [0, 0.05) is 10.4 Å². The summed E-state index contributed by atoms with van der Waals surface area (Å²) in [6.07, 6.45) is 2.44. The smallest absolute Gasteiger partial charge is 0.339 e. The van der Waals surface area contributed by atoms with Crippen molar-refractivity contribution in [3.8, 4) is 0 Å². The summed E-state index contributed by atoms with van der Waals surface area (Å²) >= 11 is 1.22. The summed E-state index contributed by atoms with van der Waals surface area (Å²) in [5.74, 6) is -1.09. The Hall–Kier alpha value is -1.12. The Morgan fingerprint density at radius 1 is 1.30 bits per heavy atom. The number of aryl methyl sites for hydroxylation is 1. The standard InChI is InChI=1S/C12H18N2O4S2/c1-12(2,3)14-20(17,18)13-10-9(11(15)16)7-5-4-6-8(7)19-10/h13-14H,4-6H2,1-3H3,(H,15,16). The Morgan fingerprint density at radius 3 is 2.50 bits per heavy atom. The Kier molecular flexibility index (Phi) is 3.83. The number of nitrogens with one attached hydrogen (secondary N) is 2. The average molecular weight is 318 g/mol. The lowest BCUT2D eigenvalue weighted by Crippen LogP contribution is -2.43. The van der Waals surface area contributed by atoms with Gasteiger partial charge in [-0.25, -0.2) is 4.79 Å². The first-order chi connectivity index (χ1) is 9.09. The van der Waals surface area contributed by atoms with Gasteiger partial charge in [-0.15, -0.1) is 11.3 Å². The van der Waals surface area contributed by atoms with E-state index in [2.05, 4.69) is 9.44 Å². The summed E-state index contributed by atoms with van der Waals surface area (Å²) in [4.78, 5) is 12.3. The highest BCUT2D eigenvalue weighted by Gasteiger charge is 2.29. The van der Waals surface area contributed by atoms with Gasteiger partial charge in [-0.05, 0) is 45.6 Å². The van der Waals surface area contributed by atoms with Crippen LogP contribution in [0.1, 0.15) is 48.0 Å². The van der Waals surface area contributed by atoms with E-state index in [1.54, 1.807) is 20.8 Å². The van der Waals surface area contributed by atoms with Gasteiger partial charge >= 0.3 is 5.97 Å². The van der Waals surface area contributed by atoms with Gasteiger partial charge < -0.3 is 5.11 Å². The minimum Gasteiger partial charge on any atom is -0.478 e. The minimum absolute atomic E-state index is 0.0989. The van der Waals surface area contributed by atoms with E-state index in [1.165, 1.54) is 11.3 Å². The quantitative estimate of drug-likeness (QED) is 0.791. The van der Waals surface area contributed by atoms with E-state index in [0.29, 0.717) is 6.42 Å². The second-order valence-corrected chi connectivity index (χ2v) is 8.34. The molecule has 1 aromatic heterocycles. The van der Waals surface area contributed by atoms with E-state index in [0.717, 1.165) is 23.3 Å². The lowest BCUT2D eigenvalue weighted by atomic mass is 10.1. The van der Waals surface area contributed by atoms with Gasteiger partial charge in [-0.2, -0.15) is 13.1 Å². The van der Waals surface area contributed by atoms with Crippen molar-refractivity contribution in [2.45, 2.75) is 45.6 Å². The van der Waals surface area contributed by atoms with Crippen LogP contribution in [0.4, 0.5) is 5.00 Å². The molecule has 0 bridgehead atoms. The zero-order valence-corrected chi connectivity index (χ0v) is 13.2. The van der Waals surface area contributed by atoms with E-state index in [9.17, 15) is 18.3 Å². The van der Waals surface area contributed by atoms with Crippen LogP contribution in [0.25, 0.3) is 0 Å². The normalized spacial score (nSPS) is 15.2. The predicted molar refractivity (Wildman–Crippen MR) is 78.7 cm³/mol. The van der Waals surface area contributed by atoms with Crippen molar-refractivity contribution in [1.29, 1.82) is 0 Å². The molecule has 0 saturated carbocycles. The van der Waals surface area contributed by atoms with Crippen molar-refractivity contribution in [3.05, 3.63) is 16.0 Å². The molecule has 2 rings (SSSR count). The Balaban J connectivity index is 2.33. The van der Waals surface area contributed by atoms with Crippen molar-refractivity contribution in [2.75, 3.05) is 4.72 Å². The Labute approximate surface area is 122 Å². The molecular formula is C12H18N2O4S2. The minimum atomic E-state index is -3.79. The van der Waals surface area contributed by atoms with Crippen molar-refractivity contribution in [1.82, 2.24) is 4.72 Å². The first-order valence-corrected chi connectivity index (χ1v) is 8.58. The van der Waals surface area contributed by atoms with Crippen molar-refractivity contribution in [3.63, 3.8) is 0 Å². The number of hydrogen-bond donors (Lipinski definition) is 3. The van der Waals surface area contributed by atoms with E-state index >= 15 is 0 Å². The zero-order valence-electron chi connectivity index (χ0n) is 11.6. The fourth-order valence-electron chi connectivity index (χ4n) is 2.25. The average Bonchev–Trinajstić information content (AvgIpc) is 2.70. The molecule has 1 aromatic rings. The Morgan fingerprint density at radius 2 is 1.95 bits per heavy atom. The molecular weight excluding hydrogens is 300 g/mol. The highest BCUT2D eigenvalue weighted by Crippen LogP contribution is 2.39. The third-order valence-corrected chi connectivity index (χ3v) is 5.49. The maximum Gasteiger partial charge on any atom is 0.339 e. The molecule has 0 atom stereocenters. The van der Waals surface area contributed by atoms with Crippen LogP contribution < -0.4 is 9.44 Å². The topological polar surface area (TPSA) is 95.5 Å². The fraction of sp³-hybridized carbons (Fsp3) is 0.583. The number of fused-ring (bicyclic) bond motifs is 1. The molecule has 8 heteroatoms. The molecule has 0 amide bonds. The summed E-state index contributed by atoms with van der Waals surface area (Å²) in [5, 5.41) is 9.49. The van der Waals surface area contributed by atoms with E-state index in [1.807, 2.05) is 0 Å². The second kappa shape index (κ2) is 5.01. The van der Waals surface area contributed by atoms with Crippen LogP contribution in [-0.2, 0) is 23.1 Å². The molecule has 0 radical (unpaired) electrons. The number of hydrogen-bond acceptors (Lipinski definition) is 4. The lowest BCUT2D eigenvalue weighted by molar-refractivity contribution is 0.0697. The molecule has 1 aliphatic rings. The van der Waals surface area contributed by atoms with Gasteiger partial charge in [-0.3, -0.25) is 4.72 Å². The summed E-state index contributed by atoms with van der Waals surface area (Å²) in [5.41, 5.74) is 0.243. The number of carboxylic acids is 1. The third kappa shape index (κ3) is 3.31. The van der Waals surface area contributed by atoms with Gasteiger partial charge in [0.15, 0.2) is 0 Å². The van der Waals surface area contributed by atoms with E-state index in [4.69, 9.17) is 0 Å². The SMILES string of the molecule is CC(C)(C)NS(=O)(=O)Nc1sc2c(c1C(=O)O)CCC2. The largest absolute Gasteiger partial charge is 0.478 e. The van der Waals surface area contributed by atoms with Crippen LogP contribution in [0, 0.1) is 0 Å². The molecule has 112 valence electrons. The first-order valence-electron chi connectivity index (χ1n) is 6.28. The number of aromatic carboxylic acids is 1. The third-order valence-electron chi connectivity index (χ3n) is 2.80. The second-order valence-electron chi connectivity index (χ2n) is 5.82. The molecule has 0 unspecified atom stereocenters. The highest BCUT2D eigenvalue weighted by molar-refractivity contribution is 7.91. The molecule has 20 heavy (non-hydrogen) atoms. The summed E-state index contributed by atoms with van der Waals surface area (Å²) in [6, 6.07) is 0. The first kappa shape index (κ1) is 15.3. The number of carbonyl (C=O) groups is 1. The number of rotatable bonds is 4. The maximum atomic E-state index is 12.0. The molecule has 0 aromatic carbocycles. The van der Waals surface area contributed by atoms with Gasteiger partial charge in [0.25, 0.3) is 10.2 Å². The van der Waals surface area contributed by atoms with Crippen LogP contribution in [0.15, 0.2) is 0 Å². The van der Waals surface area contributed by atoms with E-state index < -0.39 is 21.7 Å². The molecule has 1 aliphatic carbocycles. The molecule has 0 spiro atoms. The van der Waals surface area contributed by atoms with Crippen LogP contribution in [0.3, 0.4) is 0 Å². The summed E-state index contributed by atoms with van der Waals surface area (Å²) in [6.45, 7) is 5.16. The number of carboxylic acid groups (broad SMARTS) is 1. The van der Waals surface area contributed by atoms with Crippen molar-refractivity contribution < 1.29 is 18.3 Å². The summed E-state index contributed by atoms with van der Waals surface area (Å²) in [7, 11) is -3.79.